The molecule has 0 bridgehead atoms. The van der Waals surface area contributed by atoms with Crippen molar-refractivity contribution in [3.05, 3.63) is 84.2 Å². The van der Waals surface area contributed by atoms with Crippen molar-refractivity contribution in [3.63, 3.8) is 0 Å². The molecule has 0 aliphatic carbocycles. The minimum Gasteiger partial charge on any atom is -0.326 e. The van der Waals surface area contributed by atoms with Crippen LogP contribution in [0.25, 0.3) is 21.8 Å². The summed E-state index contributed by atoms with van der Waals surface area (Å²) in [6.07, 6.45) is 3.52. The number of benzene rings is 2. The van der Waals surface area contributed by atoms with Gasteiger partial charge in [0.2, 0.25) is 0 Å². The van der Waals surface area contributed by atoms with Crippen LogP contribution in [0.3, 0.4) is 0 Å². The molecule has 4 rings (SSSR count). The van der Waals surface area contributed by atoms with Crippen molar-refractivity contribution in [2.24, 2.45) is 5.73 Å². The van der Waals surface area contributed by atoms with E-state index in [0.717, 1.165) is 27.4 Å². The Morgan fingerprint density at radius 3 is 2.08 bits per heavy atom. The lowest BCUT2D eigenvalue weighted by Crippen LogP contribution is -1.96. The van der Waals surface area contributed by atoms with Gasteiger partial charge in [-0.2, -0.15) is 5.26 Å². The van der Waals surface area contributed by atoms with Gasteiger partial charge >= 0.3 is 0 Å². The Morgan fingerprint density at radius 1 is 0.792 bits per heavy atom. The van der Waals surface area contributed by atoms with Crippen molar-refractivity contribution < 1.29 is 0 Å². The highest BCUT2D eigenvalue weighted by atomic mass is 14.6. The van der Waals surface area contributed by atoms with E-state index in [-0.39, 0.29) is 0 Å². The fourth-order valence-corrected chi connectivity index (χ4v) is 2.55. The first-order valence-electron chi connectivity index (χ1n) is 7.60. The molecule has 24 heavy (non-hydrogen) atoms. The molecule has 2 aromatic carbocycles. The second-order valence-corrected chi connectivity index (χ2v) is 5.18. The van der Waals surface area contributed by atoms with Crippen LogP contribution in [0.4, 0.5) is 0 Å². The van der Waals surface area contributed by atoms with E-state index in [2.05, 4.69) is 16.0 Å². The molecule has 2 N–H and O–H groups in total. The maximum absolute atomic E-state index is 8.76. The highest BCUT2D eigenvalue weighted by Gasteiger charge is 1.98. The van der Waals surface area contributed by atoms with Crippen molar-refractivity contribution in [1.82, 2.24) is 9.97 Å². The van der Waals surface area contributed by atoms with Gasteiger partial charge in [0.1, 0.15) is 0 Å². The number of nitriles is 1. The van der Waals surface area contributed by atoms with Crippen molar-refractivity contribution >= 4 is 21.8 Å². The zero-order valence-electron chi connectivity index (χ0n) is 13.1. The fraction of sp³-hybridized carbons (Fsp3) is 0.0500. The number of nitrogens with two attached hydrogens (primary N) is 1. The molecule has 4 nitrogen and oxygen atoms in total. The summed E-state index contributed by atoms with van der Waals surface area (Å²) in [6, 6.07) is 21.4. The van der Waals surface area contributed by atoms with Crippen molar-refractivity contribution in [1.29, 1.82) is 5.26 Å². The van der Waals surface area contributed by atoms with Gasteiger partial charge in [0.05, 0.1) is 22.7 Å². The zero-order valence-corrected chi connectivity index (χ0v) is 13.1. The first-order chi connectivity index (χ1) is 11.8. The summed E-state index contributed by atoms with van der Waals surface area (Å²) in [5, 5.41) is 10.8. The highest BCUT2D eigenvalue weighted by molar-refractivity contribution is 5.84. The molecule has 0 fully saturated rings. The van der Waals surface area contributed by atoms with Gasteiger partial charge in [-0.15, -0.1) is 0 Å². The summed E-state index contributed by atoms with van der Waals surface area (Å²) >= 11 is 0. The van der Waals surface area contributed by atoms with E-state index < -0.39 is 0 Å². The summed E-state index contributed by atoms with van der Waals surface area (Å²) in [6.45, 7) is 0.572. The topological polar surface area (TPSA) is 75.6 Å². The fourth-order valence-electron chi connectivity index (χ4n) is 2.55. The van der Waals surface area contributed by atoms with Crippen molar-refractivity contribution in [3.8, 4) is 6.07 Å². The molecular weight excluding hydrogens is 296 g/mol. The van der Waals surface area contributed by atoms with Crippen LogP contribution >= 0.6 is 0 Å². The lowest BCUT2D eigenvalue weighted by atomic mass is 10.1. The van der Waals surface area contributed by atoms with Gasteiger partial charge < -0.3 is 5.73 Å². The second-order valence-electron chi connectivity index (χ2n) is 5.18. The van der Waals surface area contributed by atoms with Gasteiger partial charge in [-0.1, -0.05) is 24.3 Å². The normalized spacial score (nSPS) is 10.0. The van der Waals surface area contributed by atoms with E-state index in [1.165, 1.54) is 0 Å². The van der Waals surface area contributed by atoms with Crippen LogP contribution in [-0.4, -0.2) is 9.97 Å². The predicted molar refractivity (Wildman–Crippen MR) is 96.1 cm³/mol. The third-order valence-electron chi connectivity index (χ3n) is 3.72. The van der Waals surface area contributed by atoms with Crippen LogP contribution in [0, 0.1) is 11.3 Å². The van der Waals surface area contributed by atoms with Gasteiger partial charge in [-0.3, -0.25) is 9.97 Å². The summed E-state index contributed by atoms with van der Waals surface area (Å²) in [7, 11) is 0. The van der Waals surface area contributed by atoms with Crippen LogP contribution in [0.5, 0.6) is 0 Å². The predicted octanol–water partition coefficient (Wildman–Crippen LogP) is 3.80. The largest absolute Gasteiger partial charge is 0.326 e. The Bertz CT molecular complexity index is 1010. The SMILES string of the molecule is N#Cc1cccc2ncccc12.NCc1cccc2ncccc12. The number of aromatic nitrogens is 2. The minimum atomic E-state index is 0.572. The number of rotatable bonds is 1. The van der Waals surface area contributed by atoms with Gasteiger partial charge in [-0.05, 0) is 42.0 Å². The molecule has 2 aromatic heterocycles. The molecule has 4 heteroatoms. The Kier molecular flexibility index (Phi) is 4.76. The molecule has 0 amide bonds. The number of nitrogens with zero attached hydrogens (tertiary/aromatic N) is 3. The molecular formula is C20H16N4. The van der Waals surface area contributed by atoms with E-state index in [0.29, 0.717) is 12.1 Å². The number of hydrogen-bond acceptors (Lipinski definition) is 4. The molecule has 0 unspecified atom stereocenters. The maximum atomic E-state index is 8.76. The van der Waals surface area contributed by atoms with Crippen molar-refractivity contribution in [2.75, 3.05) is 0 Å². The second kappa shape index (κ2) is 7.32. The molecule has 2 heterocycles. The van der Waals surface area contributed by atoms with Crippen LogP contribution in [0.15, 0.2) is 73.1 Å². The summed E-state index contributed by atoms with van der Waals surface area (Å²) in [5.41, 5.74) is 9.31. The zero-order chi connectivity index (χ0) is 16.8. The molecule has 0 saturated heterocycles. The van der Waals surface area contributed by atoms with Gasteiger partial charge in [-0.25, -0.2) is 0 Å². The lowest BCUT2D eigenvalue weighted by molar-refractivity contribution is 1.08. The molecule has 4 aromatic rings. The molecule has 0 saturated carbocycles. The monoisotopic (exact) mass is 312 g/mol. The Balaban J connectivity index is 0.000000141. The average molecular weight is 312 g/mol. The Hall–Kier alpha value is -3.29. The smallest absolute Gasteiger partial charge is 0.0998 e. The van der Waals surface area contributed by atoms with Gasteiger partial charge in [0.15, 0.2) is 0 Å². The van der Waals surface area contributed by atoms with Gasteiger partial charge in [0, 0.05) is 29.7 Å². The third-order valence-corrected chi connectivity index (χ3v) is 3.72. The summed E-state index contributed by atoms with van der Waals surface area (Å²) < 4.78 is 0. The molecule has 0 radical (unpaired) electrons. The highest BCUT2D eigenvalue weighted by Crippen LogP contribution is 2.15. The molecule has 116 valence electrons. The summed E-state index contributed by atoms with van der Waals surface area (Å²) in [5.74, 6) is 0. The molecule has 0 spiro atoms. The minimum absolute atomic E-state index is 0.572. The van der Waals surface area contributed by atoms with Crippen LogP contribution in [0.2, 0.25) is 0 Å². The quantitative estimate of drug-likeness (QED) is 0.580. The standard InChI is InChI=1S/C10H10N2.C10H6N2/c2*11-7-8-3-1-5-10-9(8)4-2-6-12-10/h1-6H,7,11H2;1-6H. The Labute approximate surface area is 140 Å². The van der Waals surface area contributed by atoms with E-state index in [1.54, 1.807) is 18.5 Å². The number of hydrogen-bond donors (Lipinski definition) is 1. The third kappa shape index (κ3) is 3.22. The van der Waals surface area contributed by atoms with Crippen LogP contribution in [0.1, 0.15) is 11.1 Å². The lowest BCUT2D eigenvalue weighted by Gasteiger charge is -2.01. The molecule has 0 atom stereocenters. The van der Waals surface area contributed by atoms with E-state index in [9.17, 15) is 0 Å². The number of fused-ring (bicyclic) bond motifs is 2. The average Bonchev–Trinajstić information content (AvgIpc) is 2.67. The van der Waals surface area contributed by atoms with E-state index >= 15 is 0 Å². The Morgan fingerprint density at radius 2 is 1.42 bits per heavy atom. The number of pyridine rings is 2. The molecule has 0 aliphatic heterocycles. The first kappa shape index (κ1) is 15.6. The van der Waals surface area contributed by atoms with Crippen LogP contribution in [-0.2, 0) is 6.54 Å². The van der Waals surface area contributed by atoms with E-state index in [1.807, 2.05) is 54.6 Å². The molecule has 0 aliphatic rings. The van der Waals surface area contributed by atoms with E-state index in [4.69, 9.17) is 11.0 Å². The van der Waals surface area contributed by atoms with Crippen LogP contribution < -0.4 is 5.73 Å². The first-order valence-corrected chi connectivity index (χ1v) is 7.60. The maximum Gasteiger partial charge on any atom is 0.0998 e. The summed E-state index contributed by atoms with van der Waals surface area (Å²) in [4.78, 5) is 8.37. The van der Waals surface area contributed by atoms with Crippen molar-refractivity contribution in [2.45, 2.75) is 6.54 Å². The van der Waals surface area contributed by atoms with Gasteiger partial charge in [0.25, 0.3) is 0 Å².